The van der Waals surface area contributed by atoms with Crippen LogP contribution in [0, 0.1) is 12.7 Å². The van der Waals surface area contributed by atoms with Crippen LogP contribution in [-0.4, -0.2) is 22.9 Å². The number of aromatic nitrogens is 2. The van der Waals surface area contributed by atoms with E-state index in [1.54, 1.807) is 18.6 Å². The Morgan fingerprint density at radius 1 is 1.30 bits per heavy atom. The predicted octanol–water partition coefficient (Wildman–Crippen LogP) is 5.40. The van der Waals surface area contributed by atoms with E-state index < -0.39 is 5.92 Å². The summed E-state index contributed by atoms with van der Waals surface area (Å²) >= 11 is 0. The van der Waals surface area contributed by atoms with Gasteiger partial charge in [-0.2, -0.15) is 0 Å². The van der Waals surface area contributed by atoms with Gasteiger partial charge in [0.1, 0.15) is 12.1 Å². The molecule has 5 rings (SSSR count). The first-order valence-electron chi connectivity index (χ1n) is 11.7. The first-order valence-corrected chi connectivity index (χ1v) is 11.7. The molecule has 5 nitrogen and oxygen atoms in total. The minimum absolute atomic E-state index is 0.149. The van der Waals surface area contributed by atoms with Gasteiger partial charge in [0.05, 0.1) is 30.1 Å². The van der Waals surface area contributed by atoms with E-state index >= 15 is 0 Å². The summed E-state index contributed by atoms with van der Waals surface area (Å²) in [6.07, 6.45) is 2.61. The number of carbonyl (C=O) groups excluding carboxylic acids is 1. The largest absolute Gasteiger partial charge is 0.380 e. The van der Waals surface area contributed by atoms with E-state index in [0.717, 1.165) is 41.3 Å². The fourth-order valence-corrected chi connectivity index (χ4v) is 5.36. The van der Waals surface area contributed by atoms with Crippen LogP contribution < -0.4 is 5.56 Å². The zero-order chi connectivity index (χ0) is 24.0. The SMILES string of the molecule is CC.COCc1c(C(C)C=O)cc2n(c1=O)Cc1c-2nc2cc(F)c(C)c3c2c1C(C)CC3. The van der Waals surface area contributed by atoms with E-state index in [2.05, 4.69) is 6.92 Å². The van der Waals surface area contributed by atoms with Crippen molar-refractivity contribution >= 4 is 17.2 Å². The van der Waals surface area contributed by atoms with Gasteiger partial charge in [-0.05, 0) is 54.0 Å². The number of methoxy groups -OCH3 is 1. The first kappa shape index (κ1) is 23.3. The van der Waals surface area contributed by atoms with Gasteiger partial charge in [-0.3, -0.25) is 4.79 Å². The number of aryl methyl sites for hydroxylation is 1. The summed E-state index contributed by atoms with van der Waals surface area (Å²) in [5, 5.41) is 1.05. The lowest BCUT2D eigenvalue weighted by Crippen LogP contribution is -2.26. The van der Waals surface area contributed by atoms with Crippen LogP contribution in [0.1, 0.15) is 79.3 Å². The van der Waals surface area contributed by atoms with Gasteiger partial charge in [0.2, 0.25) is 0 Å². The number of ether oxygens (including phenoxy) is 1. The van der Waals surface area contributed by atoms with Crippen LogP contribution in [0.5, 0.6) is 0 Å². The van der Waals surface area contributed by atoms with Crippen molar-refractivity contribution in [3.63, 3.8) is 0 Å². The quantitative estimate of drug-likeness (QED) is 0.391. The lowest BCUT2D eigenvalue weighted by atomic mass is 9.79. The minimum Gasteiger partial charge on any atom is -0.380 e. The summed E-state index contributed by atoms with van der Waals surface area (Å²) in [5.41, 5.74) is 7.06. The van der Waals surface area contributed by atoms with E-state index in [-0.39, 0.29) is 18.0 Å². The molecule has 1 aromatic carbocycles. The number of fused-ring (bicyclic) bond motifs is 4. The topological polar surface area (TPSA) is 61.2 Å². The van der Waals surface area contributed by atoms with Crippen molar-refractivity contribution in [2.24, 2.45) is 0 Å². The number of nitrogens with zero attached hydrogens (tertiary/aromatic N) is 2. The second kappa shape index (κ2) is 8.82. The highest BCUT2D eigenvalue weighted by molar-refractivity contribution is 5.93. The number of benzene rings is 1. The average Bonchev–Trinajstić information content (AvgIpc) is 3.19. The maximum absolute atomic E-state index is 14.7. The maximum Gasteiger partial charge on any atom is 0.257 e. The molecule has 2 unspecified atom stereocenters. The normalized spacial score (nSPS) is 16.6. The monoisotopic (exact) mass is 450 g/mol. The summed E-state index contributed by atoms with van der Waals surface area (Å²) in [6, 6.07) is 3.41. The maximum atomic E-state index is 14.7. The second-order valence-electron chi connectivity index (χ2n) is 8.86. The molecule has 174 valence electrons. The molecule has 3 heterocycles. The molecule has 0 spiro atoms. The number of aldehydes is 1. The standard InChI is InChI=1S/C25H25FN2O3.C2H6/c1-12-5-6-15-14(3)19(26)8-20-23(15)22(12)17-9-28-21(24(17)27-20)7-16(13(2)10-29)18(11-31-4)25(28)30;1-2/h7-8,10,12-13H,5-6,9,11H2,1-4H3;1-2H3. The summed E-state index contributed by atoms with van der Waals surface area (Å²) in [5.74, 6) is -0.373. The van der Waals surface area contributed by atoms with Crippen LogP contribution in [0.4, 0.5) is 4.39 Å². The molecular formula is C27H31FN2O3. The summed E-state index contributed by atoms with van der Waals surface area (Å²) in [4.78, 5) is 29.8. The van der Waals surface area contributed by atoms with Gasteiger partial charge in [-0.25, -0.2) is 9.37 Å². The zero-order valence-corrected chi connectivity index (χ0v) is 20.2. The average molecular weight is 451 g/mol. The van der Waals surface area contributed by atoms with Crippen molar-refractivity contribution in [2.45, 2.75) is 72.4 Å². The number of carbonyl (C=O) groups is 1. The molecule has 1 aliphatic carbocycles. The molecule has 6 heteroatoms. The molecule has 2 aliphatic rings. The number of hydrogen-bond acceptors (Lipinski definition) is 4. The number of rotatable bonds is 4. The third-order valence-corrected chi connectivity index (χ3v) is 7.04. The number of halogens is 1. The molecule has 3 aromatic rings. The predicted molar refractivity (Wildman–Crippen MR) is 129 cm³/mol. The highest BCUT2D eigenvalue weighted by atomic mass is 19.1. The van der Waals surface area contributed by atoms with Gasteiger partial charge < -0.3 is 14.1 Å². The highest BCUT2D eigenvalue weighted by Crippen LogP contribution is 2.45. The summed E-state index contributed by atoms with van der Waals surface area (Å²) < 4.78 is 21.7. The number of pyridine rings is 2. The number of hydrogen-bond donors (Lipinski definition) is 0. The van der Waals surface area contributed by atoms with Crippen LogP contribution >= 0.6 is 0 Å². The van der Waals surface area contributed by atoms with Crippen LogP contribution in [0.15, 0.2) is 16.9 Å². The third kappa shape index (κ3) is 3.43. The van der Waals surface area contributed by atoms with Crippen LogP contribution in [0.3, 0.4) is 0 Å². The van der Waals surface area contributed by atoms with E-state index in [0.29, 0.717) is 40.4 Å². The smallest absolute Gasteiger partial charge is 0.257 e. The molecule has 0 radical (unpaired) electrons. The van der Waals surface area contributed by atoms with Gasteiger partial charge in [-0.15, -0.1) is 0 Å². The van der Waals surface area contributed by atoms with Gasteiger partial charge in [0.25, 0.3) is 5.56 Å². The fraction of sp³-hybridized carbons (Fsp3) is 0.444. The molecule has 2 atom stereocenters. The van der Waals surface area contributed by atoms with Gasteiger partial charge in [-0.1, -0.05) is 27.7 Å². The van der Waals surface area contributed by atoms with Crippen molar-refractivity contribution in [2.75, 3.05) is 7.11 Å². The van der Waals surface area contributed by atoms with Crippen molar-refractivity contribution in [3.05, 3.63) is 61.7 Å². The van der Waals surface area contributed by atoms with E-state index in [4.69, 9.17) is 9.72 Å². The summed E-state index contributed by atoms with van der Waals surface area (Å²) in [7, 11) is 1.54. The highest BCUT2D eigenvalue weighted by Gasteiger charge is 2.33. The van der Waals surface area contributed by atoms with E-state index in [1.807, 2.05) is 26.8 Å². The van der Waals surface area contributed by atoms with Gasteiger partial charge >= 0.3 is 0 Å². The Balaban J connectivity index is 0.00000126. The molecule has 0 fully saturated rings. The van der Waals surface area contributed by atoms with E-state index in [9.17, 15) is 14.0 Å². The molecule has 33 heavy (non-hydrogen) atoms. The Morgan fingerprint density at radius 3 is 2.70 bits per heavy atom. The lowest BCUT2D eigenvalue weighted by molar-refractivity contribution is -0.108. The molecule has 0 bridgehead atoms. The molecule has 0 N–H and O–H groups in total. The Bertz CT molecular complexity index is 1330. The van der Waals surface area contributed by atoms with Crippen LogP contribution in [0.2, 0.25) is 0 Å². The van der Waals surface area contributed by atoms with Crippen molar-refractivity contribution in [1.82, 2.24) is 9.55 Å². The zero-order valence-electron chi connectivity index (χ0n) is 20.2. The minimum atomic E-state index is -0.433. The van der Waals surface area contributed by atoms with Crippen LogP contribution in [-0.2, 0) is 29.1 Å². The Morgan fingerprint density at radius 2 is 2.03 bits per heavy atom. The molecule has 2 aromatic heterocycles. The molecule has 0 amide bonds. The van der Waals surface area contributed by atoms with Crippen molar-refractivity contribution < 1.29 is 13.9 Å². The molecule has 0 saturated heterocycles. The molecule has 1 aliphatic heterocycles. The third-order valence-electron chi connectivity index (χ3n) is 7.04. The Labute approximate surface area is 193 Å². The van der Waals surface area contributed by atoms with Gasteiger partial charge in [0, 0.05) is 35.6 Å². The Kier molecular flexibility index (Phi) is 6.23. The van der Waals surface area contributed by atoms with Crippen molar-refractivity contribution in [1.29, 1.82) is 0 Å². The summed E-state index contributed by atoms with van der Waals surface area (Å²) in [6.45, 7) is 10.4. The van der Waals surface area contributed by atoms with E-state index in [1.165, 1.54) is 11.6 Å². The fourth-order valence-electron chi connectivity index (χ4n) is 5.36. The van der Waals surface area contributed by atoms with Crippen molar-refractivity contribution in [3.8, 4) is 11.4 Å². The second-order valence-corrected chi connectivity index (χ2v) is 8.86. The van der Waals surface area contributed by atoms with Crippen LogP contribution in [0.25, 0.3) is 22.3 Å². The molecular weight excluding hydrogens is 419 g/mol. The molecule has 0 saturated carbocycles. The lowest BCUT2D eigenvalue weighted by Gasteiger charge is -2.26. The van der Waals surface area contributed by atoms with Gasteiger partial charge in [0.15, 0.2) is 0 Å². The Hall–Kier alpha value is -2.86. The first-order chi connectivity index (χ1) is 15.9.